The van der Waals surface area contributed by atoms with Crippen molar-refractivity contribution in [2.24, 2.45) is 0 Å². The summed E-state index contributed by atoms with van der Waals surface area (Å²) in [5, 5.41) is 0. The Morgan fingerprint density at radius 1 is 0.654 bits per heavy atom. The summed E-state index contributed by atoms with van der Waals surface area (Å²) in [5.74, 6) is -1.70. The molecule has 2 aromatic carbocycles. The van der Waals surface area contributed by atoms with Gasteiger partial charge in [-0.25, -0.2) is 8.78 Å². The molecule has 2 aromatic rings. The van der Waals surface area contributed by atoms with Gasteiger partial charge in [0.05, 0.1) is 11.1 Å². The third-order valence-electron chi connectivity index (χ3n) is 3.00. The minimum atomic E-state index is -4.47. The van der Waals surface area contributed by atoms with Crippen molar-refractivity contribution < 1.29 is 35.1 Å². The van der Waals surface area contributed by atoms with Gasteiger partial charge in [-0.1, -0.05) is 26.0 Å². The predicted molar refractivity (Wildman–Crippen MR) is 83.6 cm³/mol. The summed E-state index contributed by atoms with van der Waals surface area (Å²) in [6, 6.07) is 5.07. The lowest BCUT2D eigenvalue weighted by molar-refractivity contribution is -0.138. The van der Waals surface area contributed by atoms with E-state index in [9.17, 15) is 35.1 Å². The second kappa shape index (κ2) is 9.54. The molecule has 0 saturated heterocycles. The first-order valence-electron chi connectivity index (χ1n) is 7.49. The lowest BCUT2D eigenvalue weighted by Crippen LogP contribution is -2.07. The molecule has 0 bridgehead atoms. The zero-order valence-electron chi connectivity index (χ0n) is 14.5. The molecule has 0 aromatic heterocycles. The van der Waals surface area contributed by atoms with Crippen LogP contribution in [0.25, 0.3) is 0 Å². The molecule has 0 aliphatic rings. The Morgan fingerprint density at radius 3 is 1.54 bits per heavy atom. The number of halogens is 8. The number of hydrogen-bond donors (Lipinski definition) is 0. The minimum absolute atomic E-state index is 0.0314. The van der Waals surface area contributed by atoms with Crippen LogP contribution in [0.15, 0.2) is 36.4 Å². The van der Waals surface area contributed by atoms with Crippen LogP contribution in [0.1, 0.15) is 36.1 Å². The average molecular weight is 386 g/mol. The lowest BCUT2D eigenvalue weighted by Gasteiger charge is -2.09. The molecule has 0 unspecified atom stereocenters. The van der Waals surface area contributed by atoms with E-state index in [-0.39, 0.29) is 11.1 Å². The van der Waals surface area contributed by atoms with Gasteiger partial charge in [0.1, 0.15) is 11.6 Å². The largest absolute Gasteiger partial charge is 0.416 e. The summed E-state index contributed by atoms with van der Waals surface area (Å²) in [6.07, 6.45) is -8.93. The van der Waals surface area contributed by atoms with Gasteiger partial charge in [0, 0.05) is 0 Å². The zero-order chi connectivity index (χ0) is 20.7. The normalized spacial score (nSPS) is 11.1. The van der Waals surface area contributed by atoms with Gasteiger partial charge in [0.15, 0.2) is 0 Å². The van der Waals surface area contributed by atoms with Crippen molar-refractivity contribution in [1.82, 2.24) is 0 Å². The van der Waals surface area contributed by atoms with E-state index in [4.69, 9.17) is 0 Å². The van der Waals surface area contributed by atoms with E-state index >= 15 is 0 Å². The van der Waals surface area contributed by atoms with E-state index in [0.29, 0.717) is 12.1 Å². The Hall–Kier alpha value is -2.12. The Balaban J connectivity index is 0.000000439. The fourth-order valence-electron chi connectivity index (χ4n) is 1.67. The molecule has 26 heavy (non-hydrogen) atoms. The smallest absolute Gasteiger partial charge is 0.207 e. The summed E-state index contributed by atoms with van der Waals surface area (Å²) >= 11 is 0. The molecule has 0 saturated carbocycles. The van der Waals surface area contributed by atoms with Crippen molar-refractivity contribution in [3.05, 3.63) is 70.3 Å². The van der Waals surface area contributed by atoms with E-state index in [1.54, 1.807) is 0 Å². The molecule has 0 atom stereocenters. The van der Waals surface area contributed by atoms with E-state index in [1.807, 2.05) is 13.8 Å². The SMILES string of the molecule is CC.Cc1ccc(C(F)(F)F)cc1F.Cc1ccc(F)cc1C(F)(F)F. The highest BCUT2D eigenvalue weighted by atomic mass is 19.4. The minimum Gasteiger partial charge on any atom is -0.207 e. The number of aryl methyl sites for hydroxylation is 2. The number of rotatable bonds is 0. The van der Waals surface area contributed by atoms with Crippen LogP contribution in [-0.2, 0) is 12.4 Å². The maximum atomic E-state index is 12.6. The van der Waals surface area contributed by atoms with Crippen molar-refractivity contribution in [3.8, 4) is 0 Å². The Morgan fingerprint density at radius 2 is 1.15 bits per heavy atom. The quantitative estimate of drug-likeness (QED) is 0.416. The summed E-state index contributed by atoms with van der Waals surface area (Å²) < 4.78 is 97.0. The Labute approximate surface area is 146 Å². The number of alkyl halides is 6. The van der Waals surface area contributed by atoms with Gasteiger partial charge in [0.2, 0.25) is 0 Å². The molecule has 0 fully saturated rings. The maximum absolute atomic E-state index is 12.6. The molecule has 2 rings (SSSR count). The fourth-order valence-corrected chi connectivity index (χ4v) is 1.67. The van der Waals surface area contributed by atoms with Crippen LogP contribution in [0, 0.1) is 25.5 Å². The third kappa shape index (κ3) is 7.41. The fraction of sp³-hybridized carbons (Fsp3) is 0.333. The van der Waals surface area contributed by atoms with Gasteiger partial charge in [-0.3, -0.25) is 0 Å². The first-order valence-corrected chi connectivity index (χ1v) is 7.49. The molecule has 8 heteroatoms. The van der Waals surface area contributed by atoms with Crippen molar-refractivity contribution in [2.75, 3.05) is 0 Å². The number of benzene rings is 2. The first kappa shape index (κ1) is 23.9. The predicted octanol–water partition coefficient (Wildman–Crippen LogP) is 7.33. The topological polar surface area (TPSA) is 0 Å². The third-order valence-corrected chi connectivity index (χ3v) is 3.00. The van der Waals surface area contributed by atoms with Crippen molar-refractivity contribution in [1.29, 1.82) is 0 Å². The molecule has 0 radical (unpaired) electrons. The Kier molecular flexibility index (Phi) is 8.76. The van der Waals surface area contributed by atoms with Gasteiger partial charge >= 0.3 is 12.4 Å². The molecule has 0 N–H and O–H groups in total. The summed E-state index contributed by atoms with van der Waals surface area (Å²) in [5.41, 5.74) is -1.62. The van der Waals surface area contributed by atoms with Crippen LogP contribution in [0.5, 0.6) is 0 Å². The Bertz CT molecular complexity index is 699. The average Bonchev–Trinajstić information content (AvgIpc) is 2.53. The molecule has 0 aliphatic heterocycles. The molecule has 0 aliphatic carbocycles. The lowest BCUT2D eigenvalue weighted by atomic mass is 10.1. The number of hydrogen-bond acceptors (Lipinski definition) is 0. The van der Waals surface area contributed by atoms with Crippen LogP contribution in [0.4, 0.5) is 35.1 Å². The van der Waals surface area contributed by atoms with Gasteiger partial charge in [-0.15, -0.1) is 0 Å². The van der Waals surface area contributed by atoms with Crippen molar-refractivity contribution in [2.45, 2.75) is 40.0 Å². The standard InChI is InChI=1S/2C8H6F4.C2H6/c1-5-2-3-6(9)4-7(5)8(10,11)12;1-5-2-3-6(4-7(5)9)8(10,11)12;1-2/h2*2-4H,1H3;1-2H3. The van der Waals surface area contributed by atoms with Gasteiger partial charge < -0.3 is 0 Å². The van der Waals surface area contributed by atoms with E-state index in [1.165, 1.54) is 13.8 Å². The first-order chi connectivity index (χ1) is 11.8. The van der Waals surface area contributed by atoms with Crippen molar-refractivity contribution in [3.63, 3.8) is 0 Å². The summed E-state index contributed by atoms with van der Waals surface area (Å²) in [7, 11) is 0. The highest BCUT2D eigenvalue weighted by Gasteiger charge is 2.32. The monoisotopic (exact) mass is 386 g/mol. The highest BCUT2D eigenvalue weighted by Crippen LogP contribution is 2.32. The molecule has 0 spiro atoms. The molecule has 0 nitrogen and oxygen atoms in total. The van der Waals surface area contributed by atoms with Crippen molar-refractivity contribution >= 4 is 0 Å². The second-order valence-electron chi connectivity index (χ2n) is 4.92. The molecule has 0 amide bonds. The molecular formula is C18H18F8. The van der Waals surface area contributed by atoms with Crippen LogP contribution < -0.4 is 0 Å². The van der Waals surface area contributed by atoms with Crippen LogP contribution >= 0.6 is 0 Å². The van der Waals surface area contributed by atoms with Gasteiger partial charge in [-0.2, -0.15) is 26.3 Å². The van der Waals surface area contributed by atoms with Gasteiger partial charge in [0.25, 0.3) is 0 Å². The zero-order valence-corrected chi connectivity index (χ0v) is 14.5. The van der Waals surface area contributed by atoms with Crippen LogP contribution in [-0.4, -0.2) is 0 Å². The summed E-state index contributed by atoms with van der Waals surface area (Å²) in [6.45, 7) is 6.71. The van der Waals surface area contributed by atoms with Crippen LogP contribution in [0.3, 0.4) is 0 Å². The molecule has 146 valence electrons. The van der Waals surface area contributed by atoms with Crippen LogP contribution in [0.2, 0.25) is 0 Å². The molecule has 0 heterocycles. The maximum Gasteiger partial charge on any atom is 0.416 e. The van der Waals surface area contributed by atoms with E-state index in [2.05, 4.69) is 0 Å². The van der Waals surface area contributed by atoms with E-state index in [0.717, 1.165) is 24.3 Å². The molecular weight excluding hydrogens is 368 g/mol. The summed E-state index contributed by atoms with van der Waals surface area (Å²) in [4.78, 5) is 0. The second-order valence-corrected chi connectivity index (χ2v) is 4.92. The van der Waals surface area contributed by atoms with Gasteiger partial charge in [-0.05, 0) is 49.2 Å². The van der Waals surface area contributed by atoms with E-state index < -0.39 is 35.1 Å². The highest BCUT2D eigenvalue weighted by molar-refractivity contribution is 5.29.